The van der Waals surface area contributed by atoms with E-state index in [0.717, 1.165) is 48.6 Å². The molecular formula is C28H45ClN2O. The lowest BCUT2D eigenvalue weighted by Crippen LogP contribution is -2.62. The van der Waals surface area contributed by atoms with Gasteiger partial charge in [0.15, 0.2) is 5.60 Å². The minimum absolute atomic E-state index is 0.0834. The number of allylic oxidation sites excluding steroid dienone is 1. The summed E-state index contributed by atoms with van der Waals surface area (Å²) in [5, 5.41) is 0.153. The summed E-state index contributed by atoms with van der Waals surface area (Å²) in [6.45, 7) is 12.4. The van der Waals surface area contributed by atoms with Crippen LogP contribution in [0.5, 0.6) is 0 Å². The van der Waals surface area contributed by atoms with Gasteiger partial charge in [0, 0.05) is 17.2 Å². The molecule has 2 N–H and O–H groups in total. The van der Waals surface area contributed by atoms with Crippen LogP contribution in [0, 0.1) is 46.3 Å². The van der Waals surface area contributed by atoms with E-state index in [1.165, 1.54) is 44.9 Å². The lowest BCUT2D eigenvalue weighted by Gasteiger charge is -2.62. The molecule has 3 nitrogen and oxygen atoms in total. The van der Waals surface area contributed by atoms with Crippen molar-refractivity contribution in [3.05, 3.63) is 11.8 Å². The van der Waals surface area contributed by atoms with Crippen molar-refractivity contribution in [1.29, 1.82) is 0 Å². The molecule has 0 aromatic carbocycles. The number of amidine groups is 1. The Kier molecular flexibility index (Phi) is 5.71. The average molecular weight is 461 g/mol. The van der Waals surface area contributed by atoms with Crippen LogP contribution in [0.2, 0.25) is 0 Å². The quantitative estimate of drug-likeness (QED) is 0.438. The standard InChI is InChI=1S/C28H45ClN2O/c1-17(2)7-6-8-18(3)21-9-10-22-20-15-24-28(32-25(30)31-24)16-19(29)11-14-27(28,5)23(20)12-13-26(21,22)4/h15,17-23H,6-14,16H2,1-5H3,(H2,30,31)/t18-,19+,20+,21-,22+,23+,26-,27-,28+/m1/s1. The Morgan fingerprint density at radius 1 is 1.09 bits per heavy atom. The highest BCUT2D eigenvalue weighted by molar-refractivity contribution is 6.20. The molecule has 9 atom stereocenters. The molecule has 0 radical (unpaired) electrons. The van der Waals surface area contributed by atoms with Crippen LogP contribution < -0.4 is 5.73 Å². The number of rotatable bonds is 5. The van der Waals surface area contributed by atoms with Crippen molar-refractivity contribution in [2.24, 2.45) is 57.1 Å². The highest BCUT2D eigenvalue weighted by Gasteiger charge is 2.68. The maximum absolute atomic E-state index is 6.71. The molecule has 3 fully saturated rings. The molecule has 0 aromatic heterocycles. The third-order valence-corrected chi connectivity index (χ3v) is 11.4. The molecule has 5 rings (SSSR count). The van der Waals surface area contributed by atoms with Crippen LogP contribution in [-0.4, -0.2) is 17.0 Å². The Labute approximate surface area is 201 Å². The highest BCUT2D eigenvalue weighted by Crippen LogP contribution is 2.70. The highest BCUT2D eigenvalue weighted by atomic mass is 35.5. The molecule has 180 valence electrons. The van der Waals surface area contributed by atoms with Crippen LogP contribution in [0.4, 0.5) is 0 Å². The molecule has 5 aliphatic rings. The fourth-order valence-corrected chi connectivity index (χ4v) is 9.68. The first kappa shape index (κ1) is 23.1. The van der Waals surface area contributed by atoms with Crippen LogP contribution >= 0.6 is 11.6 Å². The van der Waals surface area contributed by atoms with Crippen molar-refractivity contribution in [3.63, 3.8) is 0 Å². The lowest BCUT2D eigenvalue weighted by atomic mass is 9.44. The monoisotopic (exact) mass is 460 g/mol. The van der Waals surface area contributed by atoms with Gasteiger partial charge >= 0.3 is 0 Å². The first-order chi connectivity index (χ1) is 15.1. The van der Waals surface area contributed by atoms with E-state index < -0.39 is 5.60 Å². The zero-order valence-electron chi connectivity index (χ0n) is 21.0. The second-order valence-electron chi connectivity index (χ2n) is 13.0. The molecule has 32 heavy (non-hydrogen) atoms. The van der Waals surface area contributed by atoms with E-state index in [2.05, 4.69) is 40.7 Å². The van der Waals surface area contributed by atoms with Gasteiger partial charge in [-0.25, -0.2) is 0 Å². The topological polar surface area (TPSA) is 47.6 Å². The molecule has 0 amide bonds. The molecule has 0 unspecified atom stereocenters. The van der Waals surface area contributed by atoms with Crippen molar-refractivity contribution < 1.29 is 4.74 Å². The molecule has 0 aromatic rings. The van der Waals surface area contributed by atoms with E-state index in [9.17, 15) is 0 Å². The predicted octanol–water partition coefficient (Wildman–Crippen LogP) is 7.29. The summed E-state index contributed by atoms with van der Waals surface area (Å²) >= 11 is 6.71. The Hall–Kier alpha value is -0.700. The zero-order chi connectivity index (χ0) is 22.9. The Morgan fingerprint density at radius 3 is 2.62 bits per heavy atom. The van der Waals surface area contributed by atoms with Gasteiger partial charge in [-0.3, -0.25) is 0 Å². The predicted molar refractivity (Wildman–Crippen MR) is 134 cm³/mol. The number of halogens is 1. The molecule has 0 bridgehead atoms. The maximum Gasteiger partial charge on any atom is 0.287 e. The lowest BCUT2D eigenvalue weighted by molar-refractivity contribution is -0.141. The van der Waals surface area contributed by atoms with Gasteiger partial charge in [-0.1, -0.05) is 60.0 Å². The van der Waals surface area contributed by atoms with Gasteiger partial charge in [-0.05, 0) is 79.4 Å². The number of fused-ring (bicyclic) bond motifs is 4. The molecular weight excluding hydrogens is 416 g/mol. The van der Waals surface area contributed by atoms with Crippen LogP contribution in [0.1, 0.15) is 98.8 Å². The number of nitrogens with zero attached hydrogens (tertiary/aromatic N) is 1. The molecule has 1 spiro atoms. The van der Waals surface area contributed by atoms with Crippen LogP contribution in [-0.2, 0) is 4.74 Å². The van der Waals surface area contributed by atoms with Gasteiger partial charge in [0.2, 0.25) is 0 Å². The largest absolute Gasteiger partial charge is 0.451 e. The van der Waals surface area contributed by atoms with Crippen LogP contribution in [0.15, 0.2) is 16.8 Å². The summed E-state index contributed by atoms with van der Waals surface area (Å²) in [4.78, 5) is 4.78. The third-order valence-electron chi connectivity index (χ3n) is 11.0. The Bertz CT molecular complexity index is 807. The molecule has 0 saturated heterocycles. The Balaban J connectivity index is 1.44. The summed E-state index contributed by atoms with van der Waals surface area (Å²) in [6.07, 6.45) is 15.2. The van der Waals surface area contributed by atoms with Gasteiger partial charge in [0.1, 0.15) is 0 Å². The SMILES string of the molecule is CC(C)CCC[C@@H](C)[C@H]1CC[C@H]2[C@@H]3C=C4N=C(N)O[C@@]45C[C@@H](Cl)CC[C@]5(C)[C@H]3CC[C@]12C. The number of hydrogen-bond acceptors (Lipinski definition) is 3. The fourth-order valence-electron chi connectivity index (χ4n) is 9.36. The van der Waals surface area contributed by atoms with Crippen molar-refractivity contribution >= 4 is 17.6 Å². The fraction of sp³-hybridized carbons (Fsp3) is 0.893. The van der Waals surface area contributed by atoms with E-state index >= 15 is 0 Å². The summed E-state index contributed by atoms with van der Waals surface area (Å²) in [5.74, 6) is 4.56. The molecule has 3 saturated carbocycles. The number of alkyl halides is 1. The van der Waals surface area contributed by atoms with Gasteiger partial charge in [-0.15, -0.1) is 11.6 Å². The van der Waals surface area contributed by atoms with E-state index in [-0.39, 0.29) is 10.8 Å². The average Bonchev–Trinajstić information content (AvgIpc) is 3.22. The second-order valence-corrected chi connectivity index (χ2v) is 13.6. The zero-order valence-corrected chi connectivity index (χ0v) is 21.8. The molecule has 4 aliphatic carbocycles. The number of aliphatic imine (C=N–C) groups is 1. The summed E-state index contributed by atoms with van der Waals surface area (Å²) in [5.41, 5.74) is 7.46. The number of ether oxygens (including phenoxy) is 1. The van der Waals surface area contributed by atoms with Crippen molar-refractivity contribution in [3.8, 4) is 0 Å². The van der Waals surface area contributed by atoms with Crippen LogP contribution in [0.25, 0.3) is 0 Å². The van der Waals surface area contributed by atoms with E-state index in [1.54, 1.807) is 0 Å². The first-order valence-corrected chi connectivity index (χ1v) is 13.9. The number of hydrogen-bond donors (Lipinski definition) is 1. The van der Waals surface area contributed by atoms with Crippen molar-refractivity contribution in [2.45, 2.75) is 110 Å². The number of nitrogens with two attached hydrogens (primary N) is 1. The second kappa shape index (κ2) is 7.92. The molecule has 1 aliphatic heterocycles. The van der Waals surface area contributed by atoms with Crippen molar-refractivity contribution in [2.75, 3.05) is 0 Å². The minimum atomic E-state index is -0.390. The molecule has 1 heterocycles. The smallest absolute Gasteiger partial charge is 0.287 e. The van der Waals surface area contributed by atoms with E-state index in [1.807, 2.05) is 0 Å². The van der Waals surface area contributed by atoms with Gasteiger partial charge < -0.3 is 10.5 Å². The first-order valence-electron chi connectivity index (χ1n) is 13.5. The molecule has 4 heteroatoms. The van der Waals surface area contributed by atoms with E-state index in [4.69, 9.17) is 27.1 Å². The van der Waals surface area contributed by atoms with E-state index in [0.29, 0.717) is 23.3 Å². The summed E-state index contributed by atoms with van der Waals surface area (Å²) in [7, 11) is 0. The van der Waals surface area contributed by atoms with Gasteiger partial charge in [0.25, 0.3) is 6.02 Å². The van der Waals surface area contributed by atoms with Crippen LogP contribution in [0.3, 0.4) is 0 Å². The van der Waals surface area contributed by atoms with Gasteiger partial charge in [0.05, 0.1) is 5.70 Å². The minimum Gasteiger partial charge on any atom is -0.451 e. The maximum atomic E-state index is 6.71. The van der Waals surface area contributed by atoms with Gasteiger partial charge in [-0.2, -0.15) is 4.99 Å². The Morgan fingerprint density at radius 2 is 1.88 bits per heavy atom. The summed E-state index contributed by atoms with van der Waals surface area (Å²) in [6, 6.07) is 0.359. The third kappa shape index (κ3) is 3.23. The van der Waals surface area contributed by atoms with Crippen molar-refractivity contribution in [1.82, 2.24) is 0 Å². The summed E-state index contributed by atoms with van der Waals surface area (Å²) < 4.78 is 6.41. The normalized spacial score (nSPS) is 48.2.